The van der Waals surface area contributed by atoms with Crippen LogP contribution in [0.1, 0.15) is 34.1 Å². The normalized spacial score (nSPS) is 11.7. The second-order valence-electron chi connectivity index (χ2n) is 5.41. The molecule has 0 spiro atoms. The topological polar surface area (TPSA) is 48.9 Å². The molecule has 2 N–H and O–H groups in total. The Morgan fingerprint density at radius 1 is 1.24 bits per heavy atom. The van der Waals surface area contributed by atoms with Gasteiger partial charge < -0.3 is 20.3 Å². The Hall–Kier alpha value is -0.0800. The van der Waals surface area contributed by atoms with Crippen LogP contribution in [-0.4, -0.2) is 63.8 Å². The Morgan fingerprint density at radius 2 is 1.95 bits per heavy atom. The van der Waals surface area contributed by atoms with Crippen LogP contribution in [0, 0.1) is 5.92 Å². The fourth-order valence-electron chi connectivity index (χ4n) is 1.54. The SMILES string of the molecule is CCNC(=NCCCOCC(C)C)NCCN(C)CC.I. The van der Waals surface area contributed by atoms with Crippen LogP contribution in [0.2, 0.25) is 0 Å². The quantitative estimate of drug-likeness (QED) is 0.236. The van der Waals surface area contributed by atoms with Crippen molar-refractivity contribution in [3.63, 3.8) is 0 Å². The second kappa shape index (κ2) is 16.3. The van der Waals surface area contributed by atoms with Crippen LogP contribution in [0.25, 0.3) is 0 Å². The van der Waals surface area contributed by atoms with Crippen LogP contribution in [0.4, 0.5) is 0 Å². The molecule has 0 bridgehead atoms. The molecule has 0 saturated heterocycles. The zero-order valence-corrected chi connectivity index (χ0v) is 16.8. The third kappa shape index (κ3) is 16.1. The maximum atomic E-state index is 5.55. The van der Waals surface area contributed by atoms with Crippen LogP contribution in [0.3, 0.4) is 0 Å². The first-order valence-electron chi connectivity index (χ1n) is 7.88. The third-order valence-electron chi connectivity index (χ3n) is 2.84. The van der Waals surface area contributed by atoms with Crippen molar-refractivity contribution in [1.82, 2.24) is 15.5 Å². The highest BCUT2D eigenvalue weighted by atomic mass is 127. The molecule has 0 aliphatic carbocycles. The number of halogens is 1. The lowest BCUT2D eigenvalue weighted by Gasteiger charge is -2.16. The molecule has 0 amide bonds. The number of aliphatic imine (C=N–C) groups is 1. The van der Waals surface area contributed by atoms with Crippen LogP contribution in [-0.2, 0) is 4.74 Å². The Labute approximate surface area is 148 Å². The van der Waals surface area contributed by atoms with Gasteiger partial charge in [-0.05, 0) is 32.9 Å². The molecule has 0 aliphatic heterocycles. The monoisotopic (exact) mass is 414 g/mol. The number of hydrogen-bond acceptors (Lipinski definition) is 3. The number of hydrogen-bond donors (Lipinski definition) is 2. The van der Waals surface area contributed by atoms with E-state index in [1.54, 1.807) is 0 Å². The van der Waals surface area contributed by atoms with E-state index in [9.17, 15) is 0 Å². The first-order chi connectivity index (χ1) is 9.60. The molecule has 128 valence electrons. The molecule has 0 rings (SSSR count). The summed E-state index contributed by atoms with van der Waals surface area (Å²) in [6, 6.07) is 0. The van der Waals surface area contributed by atoms with Gasteiger partial charge >= 0.3 is 0 Å². The fraction of sp³-hybridized carbons (Fsp3) is 0.933. The van der Waals surface area contributed by atoms with Crippen molar-refractivity contribution in [2.24, 2.45) is 10.9 Å². The van der Waals surface area contributed by atoms with Crippen molar-refractivity contribution in [3.8, 4) is 0 Å². The number of nitrogens with zero attached hydrogens (tertiary/aromatic N) is 2. The van der Waals surface area contributed by atoms with Gasteiger partial charge in [0.25, 0.3) is 0 Å². The number of ether oxygens (including phenoxy) is 1. The van der Waals surface area contributed by atoms with E-state index in [0.29, 0.717) is 5.92 Å². The minimum absolute atomic E-state index is 0. The molecular formula is C15H35IN4O. The standard InChI is InChI=1S/C15H34N4O.HI/c1-6-16-15(18-10-11-19(5)7-2)17-9-8-12-20-13-14(3)4;/h14H,6-13H2,1-5H3,(H2,16,17,18);1H. The molecular weight excluding hydrogens is 379 g/mol. The zero-order chi connectivity index (χ0) is 15.2. The van der Waals surface area contributed by atoms with Crippen molar-refractivity contribution < 1.29 is 4.74 Å². The summed E-state index contributed by atoms with van der Waals surface area (Å²) in [5.74, 6) is 1.51. The van der Waals surface area contributed by atoms with Gasteiger partial charge in [-0.3, -0.25) is 4.99 Å². The van der Waals surface area contributed by atoms with Crippen molar-refractivity contribution in [2.45, 2.75) is 34.1 Å². The molecule has 21 heavy (non-hydrogen) atoms. The summed E-state index contributed by atoms with van der Waals surface area (Å²) in [5, 5.41) is 6.61. The number of guanidine groups is 1. The molecule has 0 heterocycles. The van der Waals surface area contributed by atoms with E-state index in [4.69, 9.17) is 4.74 Å². The maximum absolute atomic E-state index is 5.55. The number of nitrogens with one attached hydrogen (secondary N) is 2. The van der Waals surface area contributed by atoms with Crippen LogP contribution in [0.15, 0.2) is 4.99 Å². The van der Waals surface area contributed by atoms with E-state index in [1.807, 2.05) is 0 Å². The van der Waals surface area contributed by atoms with Gasteiger partial charge in [0.1, 0.15) is 0 Å². The van der Waals surface area contributed by atoms with E-state index < -0.39 is 0 Å². The molecule has 0 radical (unpaired) electrons. The van der Waals surface area contributed by atoms with Crippen molar-refractivity contribution >= 4 is 29.9 Å². The highest BCUT2D eigenvalue weighted by Crippen LogP contribution is 1.93. The number of rotatable bonds is 11. The molecule has 0 saturated carbocycles. The van der Waals surface area contributed by atoms with Crippen molar-refractivity contribution in [3.05, 3.63) is 0 Å². The van der Waals surface area contributed by atoms with Gasteiger partial charge in [-0.15, -0.1) is 24.0 Å². The smallest absolute Gasteiger partial charge is 0.191 e. The predicted octanol–water partition coefficient (Wildman–Crippen LogP) is 2.17. The van der Waals surface area contributed by atoms with Gasteiger partial charge in [0.05, 0.1) is 0 Å². The Bertz CT molecular complexity index is 250. The summed E-state index contributed by atoms with van der Waals surface area (Å²) in [7, 11) is 2.12. The van der Waals surface area contributed by atoms with E-state index >= 15 is 0 Å². The van der Waals surface area contributed by atoms with Crippen LogP contribution < -0.4 is 10.6 Å². The summed E-state index contributed by atoms with van der Waals surface area (Å²) in [5.41, 5.74) is 0. The van der Waals surface area contributed by atoms with Crippen molar-refractivity contribution in [1.29, 1.82) is 0 Å². The van der Waals surface area contributed by atoms with E-state index in [0.717, 1.165) is 58.3 Å². The first-order valence-corrected chi connectivity index (χ1v) is 7.88. The molecule has 0 aliphatic rings. The highest BCUT2D eigenvalue weighted by Gasteiger charge is 1.98. The molecule has 0 fully saturated rings. The minimum Gasteiger partial charge on any atom is -0.381 e. The van der Waals surface area contributed by atoms with Crippen LogP contribution >= 0.6 is 24.0 Å². The summed E-state index contributed by atoms with van der Waals surface area (Å²) < 4.78 is 5.55. The third-order valence-corrected chi connectivity index (χ3v) is 2.84. The van der Waals surface area contributed by atoms with Crippen molar-refractivity contribution in [2.75, 3.05) is 53.0 Å². The average molecular weight is 414 g/mol. The van der Waals surface area contributed by atoms with Gasteiger partial charge in [-0.1, -0.05) is 20.8 Å². The maximum Gasteiger partial charge on any atom is 0.191 e. The fourth-order valence-corrected chi connectivity index (χ4v) is 1.54. The summed E-state index contributed by atoms with van der Waals surface area (Å²) in [6.07, 6.45) is 0.970. The molecule has 0 aromatic carbocycles. The summed E-state index contributed by atoms with van der Waals surface area (Å²) in [4.78, 5) is 6.82. The second-order valence-corrected chi connectivity index (χ2v) is 5.41. The Balaban J connectivity index is 0. The van der Waals surface area contributed by atoms with Gasteiger partial charge in [-0.2, -0.15) is 0 Å². The summed E-state index contributed by atoms with van der Waals surface area (Å²) in [6.45, 7) is 14.9. The van der Waals surface area contributed by atoms with Gasteiger partial charge in [0.15, 0.2) is 5.96 Å². The van der Waals surface area contributed by atoms with Crippen LogP contribution in [0.5, 0.6) is 0 Å². The van der Waals surface area contributed by atoms with E-state index in [-0.39, 0.29) is 24.0 Å². The van der Waals surface area contributed by atoms with Gasteiger partial charge in [-0.25, -0.2) is 0 Å². The minimum atomic E-state index is 0. The predicted molar refractivity (Wildman–Crippen MR) is 103 cm³/mol. The number of likely N-dealkylation sites (N-methyl/N-ethyl adjacent to an activating group) is 1. The Kier molecular flexibility index (Phi) is 18.0. The lowest BCUT2D eigenvalue weighted by Crippen LogP contribution is -2.41. The van der Waals surface area contributed by atoms with Gasteiger partial charge in [0.2, 0.25) is 0 Å². The Morgan fingerprint density at radius 3 is 2.52 bits per heavy atom. The zero-order valence-electron chi connectivity index (χ0n) is 14.4. The molecule has 0 aromatic rings. The van der Waals surface area contributed by atoms with E-state index in [2.05, 4.69) is 55.3 Å². The molecule has 0 unspecified atom stereocenters. The molecule has 6 heteroatoms. The first kappa shape index (κ1) is 23.2. The lowest BCUT2D eigenvalue weighted by molar-refractivity contribution is 0.109. The lowest BCUT2D eigenvalue weighted by atomic mass is 10.2. The molecule has 5 nitrogen and oxygen atoms in total. The highest BCUT2D eigenvalue weighted by molar-refractivity contribution is 14.0. The average Bonchev–Trinajstić information content (AvgIpc) is 2.41. The molecule has 0 aromatic heterocycles. The van der Waals surface area contributed by atoms with E-state index in [1.165, 1.54) is 0 Å². The van der Waals surface area contributed by atoms with Gasteiger partial charge in [0, 0.05) is 39.4 Å². The molecule has 0 atom stereocenters. The summed E-state index contributed by atoms with van der Waals surface area (Å²) >= 11 is 0. The largest absolute Gasteiger partial charge is 0.381 e.